The van der Waals surface area contributed by atoms with Gasteiger partial charge in [-0.05, 0) is 53.7 Å². The number of ketones is 2. The molecule has 2 unspecified atom stereocenters. The summed E-state index contributed by atoms with van der Waals surface area (Å²) in [6, 6.07) is 0. The van der Waals surface area contributed by atoms with Crippen LogP contribution in [0.5, 0.6) is 0 Å². The first kappa shape index (κ1) is 27.2. The lowest BCUT2D eigenvalue weighted by molar-refractivity contribution is -0.130. The van der Waals surface area contributed by atoms with Crippen LogP contribution in [0.25, 0.3) is 0 Å². The maximum Gasteiger partial charge on any atom is 0.407 e. The Morgan fingerprint density at radius 3 is 1.88 bits per heavy atom. The number of nitrogens with one attached hydrogen (secondary N) is 2. The Labute approximate surface area is 189 Å². The lowest BCUT2D eigenvalue weighted by atomic mass is 9.74. The smallest absolute Gasteiger partial charge is 0.407 e. The van der Waals surface area contributed by atoms with Crippen molar-refractivity contribution in [1.29, 1.82) is 0 Å². The van der Waals surface area contributed by atoms with Crippen LogP contribution in [0.15, 0.2) is 23.9 Å². The SMILES string of the molecule is CC(C)(C)OC(=O)NCCC(=O)C1C=C(N)C=CC1(N)C(=O)CCNC(=O)OC(C)(C)C. The average molecular weight is 453 g/mol. The van der Waals surface area contributed by atoms with E-state index < -0.39 is 40.6 Å². The first-order valence-corrected chi connectivity index (χ1v) is 10.5. The molecule has 1 rings (SSSR count). The summed E-state index contributed by atoms with van der Waals surface area (Å²) in [5, 5.41) is 5.00. The Morgan fingerprint density at radius 2 is 1.41 bits per heavy atom. The molecule has 6 N–H and O–H groups in total. The quantitative estimate of drug-likeness (QED) is 0.432. The summed E-state index contributed by atoms with van der Waals surface area (Å²) in [5.41, 5.74) is 9.53. The molecule has 0 saturated carbocycles. The van der Waals surface area contributed by atoms with Crippen molar-refractivity contribution in [3.05, 3.63) is 23.9 Å². The summed E-state index contributed by atoms with van der Waals surface area (Å²) in [7, 11) is 0. The zero-order chi connectivity index (χ0) is 24.7. The van der Waals surface area contributed by atoms with Gasteiger partial charge in [0.05, 0.1) is 5.92 Å². The molecular weight excluding hydrogens is 416 g/mol. The van der Waals surface area contributed by atoms with Crippen LogP contribution in [0.4, 0.5) is 9.59 Å². The number of carbonyl (C=O) groups is 4. The Morgan fingerprint density at radius 1 is 0.938 bits per heavy atom. The van der Waals surface area contributed by atoms with Crippen LogP contribution in [-0.2, 0) is 19.1 Å². The molecule has 0 heterocycles. The van der Waals surface area contributed by atoms with Crippen LogP contribution < -0.4 is 22.1 Å². The maximum atomic E-state index is 12.9. The molecular formula is C22H36N4O6. The third-order valence-electron chi connectivity index (χ3n) is 4.32. The number of alkyl carbamates (subject to hydrolysis) is 2. The lowest BCUT2D eigenvalue weighted by Gasteiger charge is -2.33. The average Bonchev–Trinajstić information content (AvgIpc) is 2.60. The highest BCUT2D eigenvalue weighted by Crippen LogP contribution is 2.27. The van der Waals surface area contributed by atoms with E-state index >= 15 is 0 Å². The predicted molar refractivity (Wildman–Crippen MR) is 120 cm³/mol. The molecule has 10 nitrogen and oxygen atoms in total. The zero-order valence-electron chi connectivity index (χ0n) is 19.7. The van der Waals surface area contributed by atoms with E-state index in [-0.39, 0.29) is 31.7 Å². The van der Waals surface area contributed by atoms with Crippen LogP contribution in [0.2, 0.25) is 0 Å². The highest BCUT2D eigenvalue weighted by molar-refractivity contribution is 5.99. The van der Waals surface area contributed by atoms with E-state index in [0.29, 0.717) is 5.70 Å². The predicted octanol–water partition coefficient (Wildman–Crippen LogP) is 1.68. The monoisotopic (exact) mass is 452 g/mol. The third kappa shape index (κ3) is 9.09. The number of carbonyl (C=O) groups excluding carboxylic acids is 4. The van der Waals surface area contributed by atoms with Gasteiger partial charge in [0.25, 0.3) is 0 Å². The number of Topliss-reactive ketones (excluding diaryl/α,β-unsaturated/α-hetero) is 2. The standard InChI is InChI=1S/C22H36N4O6/c1-20(2,3)31-18(29)25-11-8-16(27)15-13-14(23)7-10-22(15,24)17(28)9-12-26-19(30)32-21(4,5)6/h7,10,13,15H,8-9,11-12,23-24H2,1-6H3,(H,25,29)(H,26,30). The van der Waals surface area contributed by atoms with Gasteiger partial charge in [-0.25, -0.2) is 9.59 Å². The molecule has 0 aromatic carbocycles. The fourth-order valence-electron chi connectivity index (χ4n) is 2.92. The van der Waals surface area contributed by atoms with Crippen molar-refractivity contribution in [3.63, 3.8) is 0 Å². The molecule has 0 saturated heterocycles. The summed E-state index contributed by atoms with van der Waals surface area (Å²) >= 11 is 0. The summed E-state index contributed by atoms with van der Waals surface area (Å²) < 4.78 is 10.3. The van der Waals surface area contributed by atoms with E-state index in [1.165, 1.54) is 18.2 Å². The van der Waals surface area contributed by atoms with Crippen molar-refractivity contribution in [2.45, 2.75) is 71.1 Å². The number of hydrogen-bond acceptors (Lipinski definition) is 8. The topological polar surface area (TPSA) is 163 Å². The number of allylic oxidation sites excluding steroid dienone is 1. The van der Waals surface area contributed by atoms with Crippen molar-refractivity contribution in [3.8, 4) is 0 Å². The molecule has 0 aromatic heterocycles. The van der Waals surface area contributed by atoms with Crippen molar-refractivity contribution in [1.82, 2.24) is 10.6 Å². The highest BCUT2D eigenvalue weighted by Gasteiger charge is 2.43. The van der Waals surface area contributed by atoms with Gasteiger partial charge < -0.3 is 31.6 Å². The highest BCUT2D eigenvalue weighted by atomic mass is 16.6. The van der Waals surface area contributed by atoms with Crippen LogP contribution in [0.3, 0.4) is 0 Å². The van der Waals surface area contributed by atoms with Gasteiger partial charge >= 0.3 is 12.2 Å². The minimum atomic E-state index is -1.61. The Balaban J connectivity index is 2.71. The molecule has 0 bridgehead atoms. The third-order valence-corrected chi connectivity index (χ3v) is 4.32. The van der Waals surface area contributed by atoms with Crippen molar-refractivity contribution in [2.75, 3.05) is 13.1 Å². The van der Waals surface area contributed by atoms with E-state index in [4.69, 9.17) is 20.9 Å². The van der Waals surface area contributed by atoms with E-state index in [0.717, 1.165) is 0 Å². The summed E-state index contributed by atoms with van der Waals surface area (Å²) in [6.45, 7) is 10.4. The first-order chi connectivity index (χ1) is 14.5. The van der Waals surface area contributed by atoms with Gasteiger partial charge in [-0.2, -0.15) is 0 Å². The van der Waals surface area contributed by atoms with E-state index in [9.17, 15) is 19.2 Å². The Bertz CT molecular complexity index is 791. The zero-order valence-corrected chi connectivity index (χ0v) is 19.7. The fourth-order valence-corrected chi connectivity index (χ4v) is 2.92. The van der Waals surface area contributed by atoms with Gasteiger partial charge in [0.15, 0.2) is 5.78 Å². The summed E-state index contributed by atoms with van der Waals surface area (Å²) in [6.07, 6.45) is 2.85. The molecule has 0 fully saturated rings. The summed E-state index contributed by atoms with van der Waals surface area (Å²) in [5.74, 6) is -1.79. The van der Waals surface area contributed by atoms with Crippen molar-refractivity contribution in [2.24, 2.45) is 17.4 Å². The molecule has 0 aromatic rings. The van der Waals surface area contributed by atoms with E-state index in [1.807, 2.05) is 0 Å². The molecule has 0 aliphatic heterocycles. The molecule has 1 aliphatic carbocycles. The minimum Gasteiger partial charge on any atom is -0.444 e. The molecule has 0 radical (unpaired) electrons. The molecule has 180 valence electrons. The molecule has 2 atom stereocenters. The molecule has 0 spiro atoms. The molecule has 1 aliphatic rings. The van der Waals surface area contributed by atoms with Gasteiger partial charge in [0, 0.05) is 31.6 Å². The number of amides is 2. The number of hydrogen-bond donors (Lipinski definition) is 4. The van der Waals surface area contributed by atoms with Crippen LogP contribution in [0, 0.1) is 5.92 Å². The van der Waals surface area contributed by atoms with Gasteiger partial charge in [0.2, 0.25) is 0 Å². The Kier molecular flexibility index (Phi) is 9.02. The van der Waals surface area contributed by atoms with Crippen LogP contribution in [-0.4, -0.2) is 53.6 Å². The Hall–Kier alpha value is -2.88. The summed E-state index contributed by atoms with van der Waals surface area (Å²) in [4.78, 5) is 49.2. The second-order valence-electron chi connectivity index (χ2n) is 9.66. The van der Waals surface area contributed by atoms with Gasteiger partial charge in [-0.1, -0.05) is 6.08 Å². The van der Waals surface area contributed by atoms with Gasteiger partial charge in [-0.3, -0.25) is 9.59 Å². The first-order valence-electron chi connectivity index (χ1n) is 10.5. The number of ether oxygens (including phenoxy) is 2. The second kappa shape index (κ2) is 10.6. The molecule has 32 heavy (non-hydrogen) atoms. The molecule has 2 amide bonds. The van der Waals surface area contributed by atoms with Crippen LogP contribution in [0.1, 0.15) is 54.4 Å². The maximum absolute atomic E-state index is 12.9. The molecule has 10 heteroatoms. The van der Waals surface area contributed by atoms with Gasteiger partial charge in [-0.15, -0.1) is 0 Å². The normalized spacial score (nSPS) is 20.7. The minimum absolute atomic E-state index is 0.000836. The largest absolute Gasteiger partial charge is 0.444 e. The van der Waals surface area contributed by atoms with Crippen molar-refractivity contribution >= 4 is 23.8 Å². The van der Waals surface area contributed by atoms with Gasteiger partial charge in [0.1, 0.15) is 22.5 Å². The fraction of sp³-hybridized carbons (Fsp3) is 0.636. The number of rotatable bonds is 8. The van der Waals surface area contributed by atoms with Crippen molar-refractivity contribution < 1.29 is 28.7 Å². The number of nitrogens with two attached hydrogens (primary N) is 2. The van der Waals surface area contributed by atoms with E-state index in [2.05, 4.69) is 10.6 Å². The van der Waals surface area contributed by atoms with E-state index in [1.54, 1.807) is 41.5 Å². The lowest BCUT2D eigenvalue weighted by Crippen LogP contribution is -2.56. The second-order valence-corrected chi connectivity index (χ2v) is 9.66. The van der Waals surface area contributed by atoms with Crippen LogP contribution >= 0.6 is 0 Å².